The fraction of sp³-hybridized carbons (Fsp3) is 0.0588. The number of para-hydroxylation sites is 1. The Hall–Kier alpha value is -3.86. The number of thiazole rings is 1. The third-order valence-corrected chi connectivity index (χ3v) is 4.45. The van der Waals surface area contributed by atoms with E-state index in [-0.39, 0.29) is 10.7 Å². The summed E-state index contributed by atoms with van der Waals surface area (Å²) in [5, 5.41) is 26.4. The molecule has 0 unspecified atom stereocenters. The van der Waals surface area contributed by atoms with Crippen molar-refractivity contribution in [1.82, 2.24) is 4.98 Å². The normalized spacial score (nSPS) is 10.3. The van der Waals surface area contributed by atoms with Gasteiger partial charge >= 0.3 is 0 Å². The molecular formula is C17H12N4O6S. The van der Waals surface area contributed by atoms with Gasteiger partial charge in [-0.1, -0.05) is 12.1 Å². The molecule has 0 fully saturated rings. The monoisotopic (exact) mass is 400 g/mol. The number of carbonyl (C=O) groups excluding carboxylic acids is 1. The van der Waals surface area contributed by atoms with Crippen molar-refractivity contribution in [2.45, 2.75) is 0 Å². The van der Waals surface area contributed by atoms with Gasteiger partial charge in [-0.3, -0.25) is 30.3 Å². The maximum Gasteiger partial charge on any atom is 0.277 e. The predicted octanol–water partition coefficient (Wildman–Crippen LogP) is 3.89. The fourth-order valence-electron chi connectivity index (χ4n) is 2.42. The van der Waals surface area contributed by atoms with Gasteiger partial charge < -0.3 is 4.74 Å². The molecule has 11 heteroatoms. The Morgan fingerprint density at radius 3 is 2.36 bits per heavy atom. The molecule has 2 aromatic carbocycles. The Labute approximate surface area is 161 Å². The molecule has 0 saturated heterocycles. The van der Waals surface area contributed by atoms with Crippen LogP contribution < -0.4 is 10.1 Å². The van der Waals surface area contributed by atoms with Gasteiger partial charge in [-0.25, -0.2) is 4.98 Å². The maximum absolute atomic E-state index is 12.4. The van der Waals surface area contributed by atoms with Crippen molar-refractivity contribution in [2.75, 3.05) is 12.4 Å². The van der Waals surface area contributed by atoms with E-state index < -0.39 is 27.1 Å². The molecule has 1 amide bonds. The van der Waals surface area contributed by atoms with Crippen molar-refractivity contribution in [3.8, 4) is 17.0 Å². The second kappa shape index (κ2) is 7.80. The number of aromatic nitrogens is 1. The molecule has 0 spiro atoms. The SMILES string of the molecule is COc1ccccc1-c1csc(NC(=O)c2cc([N+](=O)[O-])cc([N+](=O)[O-])c2)n1. The number of amides is 1. The molecule has 0 atom stereocenters. The molecule has 3 rings (SSSR count). The Bertz CT molecular complexity index is 1050. The van der Waals surface area contributed by atoms with E-state index in [1.807, 2.05) is 18.2 Å². The zero-order valence-corrected chi connectivity index (χ0v) is 15.1. The van der Waals surface area contributed by atoms with Crippen LogP contribution in [0.25, 0.3) is 11.3 Å². The van der Waals surface area contributed by atoms with Gasteiger partial charge in [-0.05, 0) is 12.1 Å². The highest BCUT2D eigenvalue weighted by atomic mass is 32.1. The highest BCUT2D eigenvalue weighted by Gasteiger charge is 2.20. The summed E-state index contributed by atoms with van der Waals surface area (Å²) in [5.41, 5.74) is -0.00755. The third-order valence-electron chi connectivity index (χ3n) is 3.69. The molecule has 0 aliphatic rings. The van der Waals surface area contributed by atoms with Crippen LogP contribution in [0.2, 0.25) is 0 Å². The van der Waals surface area contributed by atoms with Crippen LogP contribution in [-0.2, 0) is 0 Å². The molecule has 10 nitrogen and oxygen atoms in total. The Morgan fingerprint density at radius 2 is 1.75 bits per heavy atom. The van der Waals surface area contributed by atoms with E-state index in [4.69, 9.17) is 4.74 Å². The Morgan fingerprint density at radius 1 is 1.11 bits per heavy atom. The number of nitro groups is 2. The van der Waals surface area contributed by atoms with E-state index in [1.165, 1.54) is 7.11 Å². The van der Waals surface area contributed by atoms with E-state index in [1.54, 1.807) is 11.4 Å². The number of hydrogen-bond donors (Lipinski definition) is 1. The number of ether oxygens (including phenoxy) is 1. The van der Waals surface area contributed by atoms with Gasteiger partial charge in [0, 0.05) is 23.1 Å². The van der Waals surface area contributed by atoms with Crippen molar-refractivity contribution in [3.05, 3.63) is 73.6 Å². The van der Waals surface area contributed by atoms with E-state index in [0.29, 0.717) is 11.4 Å². The number of methoxy groups -OCH3 is 1. The van der Waals surface area contributed by atoms with E-state index in [2.05, 4.69) is 10.3 Å². The van der Waals surface area contributed by atoms with Gasteiger partial charge in [0.05, 0.1) is 34.3 Å². The molecule has 1 heterocycles. The third kappa shape index (κ3) is 3.94. The molecule has 142 valence electrons. The molecule has 0 aliphatic heterocycles. The Balaban J connectivity index is 1.87. The summed E-state index contributed by atoms with van der Waals surface area (Å²) in [6.07, 6.45) is 0. The topological polar surface area (TPSA) is 138 Å². The van der Waals surface area contributed by atoms with Gasteiger partial charge in [-0.15, -0.1) is 11.3 Å². The second-order valence-electron chi connectivity index (χ2n) is 5.44. The average Bonchev–Trinajstić information content (AvgIpc) is 3.15. The van der Waals surface area contributed by atoms with Gasteiger partial charge in [0.15, 0.2) is 5.13 Å². The van der Waals surface area contributed by atoms with Crippen LogP contribution in [0.5, 0.6) is 5.75 Å². The number of anilines is 1. The smallest absolute Gasteiger partial charge is 0.277 e. The first-order chi connectivity index (χ1) is 13.4. The molecule has 0 radical (unpaired) electrons. The fourth-order valence-corrected chi connectivity index (χ4v) is 3.12. The summed E-state index contributed by atoms with van der Waals surface area (Å²) < 4.78 is 5.28. The lowest BCUT2D eigenvalue weighted by atomic mass is 10.1. The minimum absolute atomic E-state index is 0.213. The van der Waals surface area contributed by atoms with Crippen LogP contribution in [0.3, 0.4) is 0 Å². The minimum Gasteiger partial charge on any atom is -0.496 e. The summed E-state index contributed by atoms with van der Waals surface area (Å²) in [7, 11) is 1.53. The van der Waals surface area contributed by atoms with Crippen molar-refractivity contribution < 1.29 is 19.4 Å². The molecular weight excluding hydrogens is 388 g/mol. The van der Waals surface area contributed by atoms with E-state index >= 15 is 0 Å². The van der Waals surface area contributed by atoms with Crippen molar-refractivity contribution in [3.63, 3.8) is 0 Å². The van der Waals surface area contributed by atoms with Crippen LogP contribution in [0.4, 0.5) is 16.5 Å². The van der Waals surface area contributed by atoms with Crippen LogP contribution in [0.15, 0.2) is 47.8 Å². The summed E-state index contributed by atoms with van der Waals surface area (Å²) >= 11 is 1.14. The van der Waals surface area contributed by atoms with Gasteiger partial charge in [0.1, 0.15) is 5.75 Å². The molecule has 3 aromatic rings. The zero-order valence-electron chi connectivity index (χ0n) is 14.3. The molecule has 0 aliphatic carbocycles. The first-order valence-electron chi connectivity index (χ1n) is 7.73. The van der Waals surface area contributed by atoms with Gasteiger partial charge in [-0.2, -0.15) is 0 Å². The number of nitrogens with zero attached hydrogens (tertiary/aromatic N) is 3. The van der Waals surface area contributed by atoms with Gasteiger partial charge in [0.25, 0.3) is 17.3 Å². The van der Waals surface area contributed by atoms with E-state index in [0.717, 1.165) is 35.1 Å². The minimum atomic E-state index is -0.799. The quantitative estimate of drug-likeness (QED) is 0.489. The van der Waals surface area contributed by atoms with Crippen molar-refractivity contribution in [2.24, 2.45) is 0 Å². The highest BCUT2D eigenvalue weighted by molar-refractivity contribution is 7.14. The van der Waals surface area contributed by atoms with Crippen LogP contribution in [0.1, 0.15) is 10.4 Å². The zero-order chi connectivity index (χ0) is 20.3. The lowest BCUT2D eigenvalue weighted by Gasteiger charge is -2.05. The first kappa shape index (κ1) is 18.9. The predicted molar refractivity (Wildman–Crippen MR) is 102 cm³/mol. The van der Waals surface area contributed by atoms with Crippen LogP contribution in [0, 0.1) is 20.2 Å². The standard InChI is InChI=1S/C17H12N4O6S/c1-27-15-5-3-2-4-13(15)14-9-28-17(18-14)19-16(22)10-6-11(20(23)24)8-12(7-10)21(25)26/h2-9H,1H3,(H,18,19,22). The number of nitrogens with one attached hydrogen (secondary N) is 1. The van der Waals surface area contributed by atoms with Crippen LogP contribution >= 0.6 is 11.3 Å². The molecule has 1 aromatic heterocycles. The van der Waals surface area contributed by atoms with E-state index in [9.17, 15) is 25.0 Å². The molecule has 0 bridgehead atoms. The number of benzene rings is 2. The number of rotatable bonds is 6. The summed E-state index contributed by atoms with van der Waals surface area (Å²) in [6, 6.07) is 9.94. The van der Waals surface area contributed by atoms with Crippen molar-refractivity contribution in [1.29, 1.82) is 0 Å². The molecule has 0 saturated carbocycles. The summed E-state index contributed by atoms with van der Waals surface area (Å²) in [5.74, 6) is -0.132. The highest BCUT2D eigenvalue weighted by Crippen LogP contribution is 2.32. The molecule has 28 heavy (non-hydrogen) atoms. The number of hydrogen-bond acceptors (Lipinski definition) is 8. The largest absolute Gasteiger partial charge is 0.496 e. The first-order valence-corrected chi connectivity index (χ1v) is 8.61. The number of nitro benzene ring substituents is 2. The number of non-ortho nitro benzene ring substituents is 2. The average molecular weight is 400 g/mol. The summed E-state index contributed by atoms with van der Waals surface area (Å²) in [4.78, 5) is 37.0. The second-order valence-corrected chi connectivity index (χ2v) is 6.30. The Kier molecular flexibility index (Phi) is 5.27. The molecule has 1 N–H and O–H groups in total. The lowest BCUT2D eigenvalue weighted by molar-refractivity contribution is -0.394. The summed E-state index contributed by atoms with van der Waals surface area (Å²) in [6.45, 7) is 0. The maximum atomic E-state index is 12.4. The van der Waals surface area contributed by atoms with Crippen molar-refractivity contribution >= 4 is 33.8 Å². The lowest BCUT2D eigenvalue weighted by Crippen LogP contribution is -2.12. The van der Waals surface area contributed by atoms with Gasteiger partial charge in [0.2, 0.25) is 0 Å². The number of carbonyl (C=O) groups is 1. The van der Waals surface area contributed by atoms with Crippen LogP contribution in [-0.4, -0.2) is 27.8 Å².